The first kappa shape index (κ1) is 13.6. The van der Waals surface area contributed by atoms with Crippen molar-refractivity contribution in [2.75, 3.05) is 0 Å². The lowest BCUT2D eigenvalue weighted by Crippen LogP contribution is -2.00. The second-order valence-corrected chi connectivity index (χ2v) is 4.67. The van der Waals surface area contributed by atoms with E-state index in [1.807, 2.05) is 0 Å². The van der Waals surface area contributed by atoms with Crippen LogP contribution in [-0.4, -0.2) is 14.8 Å². The summed E-state index contributed by atoms with van der Waals surface area (Å²) in [6.45, 7) is 0.258. The first-order chi connectivity index (χ1) is 10.2. The van der Waals surface area contributed by atoms with Gasteiger partial charge in [0.15, 0.2) is 10.9 Å². The molecule has 2 aromatic heterocycles. The zero-order chi connectivity index (χ0) is 14.7. The van der Waals surface area contributed by atoms with Crippen molar-refractivity contribution < 1.29 is 9.13 Å². The molecular weight excluding hydrogens is 293 g/mol. The van der Waals surface area contributed by atoms with E-state index in [0.29, 0.717) is 22.3 Å². The molecule has 0 saturated carbocycles. The minimum absolute atomic E-state index is 0.258. The van der Waals surface area contributed by atoms with Gasteiger partial charge in [-0.2, -0.15) is 5.10 Å². The second kappa shape index (κ2) is 5.93. The number of hydrogen-bond acceptors (Lipinski definition) is 3. The molecule has 0 spiro atoms. The largest absolute Gasteiger partial charge is 0.484 e. The molecule has 21 heavy (non-hydrogen) atoms. The smallest absolute Gasteiger partial charge is 0.171 e. The Labute approximate surface area is 125 Å². The lowest BCUT2D eigenvalue weighted by atomic mass is 10.3. The van der Waals surface area contributed by atoms with Crippen LogP contribution < -0.4 is 4.74 Å². The highest BCUT2D eigenvalue weighted by Crippen LogP contribution is 2.21. The molecule has 4 nitrogen and oxygen atoms in total. The summed E-state index contributed by atoms with van der Waals surface area (Å²) in [4.78, 5) is 3.93. The van der Waals surface area contributed by atoms with Gasteiger partial charge in [-0.25, -0.2) is 14.1 Å². The maximum absolute atomic E-state index is 13.2. The van der Waals surface area contributed by atoms with Gasteiger partial charge in [0.05, 0.1) is 5.69 Å². The standard InChI is InChI=1S/C15H11ClFN3O/c16-15-14(5-2-7-18-15)21-10-12-6-8-20(19-12)13-4-1-3-11(17)9-13/h1-9H,10H2. The Bertz CT molecular complexity index is 760. The molecule has 0 aliphatic heterocycles. The number of nitrogens with zero attached hydrogens (tertiary/aromatic N) is 3. The van der Waals surface area contributed by atoms with Gasteiger partial charge in [0, 0.05) is 12.4 Å². The van der Waals surface area contributed by atoms with E-state index in [1.54, 1.807) is 47.4 Å². The summed E-state index contributed by atoms with van der Waals surface area (Å²) >= 11 is 5.91. The zero-order valence-electron chi connectivity index (χ0n) is 10.9. The van der Waals surface area contributed by atoms with Crippen molar-refractivity contribution in [1.82, 2.24) is 14.8 Å². The monoisotopic (exact) mass is 303 g/mol. The Kier molecular flexibility index (Phi) is 3.83. The third kappa shape index (κ3) is 3.20. The van der Waals surface area contributed by atoms with E-state index >= 15 is 0 Å². The first-order valence-electron chi connectivity index (χ1n) is 6.26. The highest BCUT2D eigenvalue weighted by molar-refractivity contribution is 6.30. The van der Waals surface area contributed by atoms with E-state index in [4.69, 9.17) is 16.3 Å². The van der Waals surface area contributed by atoms with E-state index < -0.39 is 0 Å². The van der Waals surface area contributed by atoms with Crippen LogP contribution in [0.3, 0.4) is 0 Å². The highest BCUT2D eigenvalue weighted by Gasteiger charge is 2.05. The molecule has 0 bridgehead atoms. The molecule has 2 heterocycles. The summed E-state index contributed by atoms with van der Waals surface area (Å²) in [7, 11) is 0. The quantitative estimate of drug-likeness (QED) is 0.691. The van der Waals surface area contributed by atoms with Gasteiger partial charge in [-0.05, 0) is 36.4 Å². The van der Waals surface area contributed by atoms with Gasteiger partial charge in [-0.1, -0.05) is 17.7 Å². The van der Waals surface area contributed by atoms with Gasteiger partial charge in [-0.15, -0.1) is 0 Å². The number of halogens is 2. The van der Waals surface area contributed by atoms with Crippen LogP contribution in [0.5, 0.6) is 5.75 Å². The van der Waals surface area contributed by atoms with E-state index in [2.05, 4.69) is 10.1 Å². The Morgan fingerprint density at radius 3 is 2.90 bits per heavy atom. The van der Waals surface area contributed by atoms with Gasteiger partial charge < -0.3 is 4.74 Å². The summed E-state index contributed by atoms with van der Waals surface area (Å²) in [5.74, 6) is 0.197. The van der Waals surface area contributed by atoms with Gasteiger partial charge in [0.2, 0.25) is 0 Å². The van der Waals surface area contributed by atoms with Crippen molar-refractivity contribution in [3.8, 4) is 11.4 Å². The Morgan fingerprint density at radius 2 is 2.10 bits per heavy atom. The van der Waals surface area contributed by atoms with Gasteiger partial charge in [0.1, 0.15) is 18.1 Å². The Balaban J connectivity index is 1.72. The maximum Gasteiger partial charge on any atom is 0.171 e. The van der Waals surface area contributed by atoms with Crippen molar-refractivity contribution in [1.29, 1.82) is 0 Å². The fourth-order valence-electron chi connectivity index (χ4n) is 1.83. The zero-order valence-corrected chi connectivity index (χ0v) is 11.7. The van der Waals surface area contributed by atoms with E-state index in [0.717, 1.165) is 0 Å². The van der Waals surface area contributed by atoms with Gasteiger partial charge in [-0.3, -0.25) is 0 Å². The lowest BCUT2D eigenvalue weighted by Gasteiger charge is -2.05. The third-order valence-electron chi connectivity index (χ3n) is 2.82. The number of benzene rings is 1. The molecule has 0 aliphatic carbocycles. The molecule has 0 saturated heterocycles. The molecular formula is C15H11ClFN3O. The van der Waals surface area contributed by atoms with Gasteiger partial charge >= 0.3 is 0 Å². The lowest BCUT2D eigenvalue weighted by molar-refractivity contribution is 0.299. The predicted molar refractivity (Wildman–Crippen MR) is 77.1 cm³/mol. The van der Waals surface area contributed by atoms with Crippen molar-refractivity contribution >= 4 is 11.6 Å². The topological polar surface area (TPSA) is 39.9 Å². The van der Waals surface area contributed by atoms with Crippen LogP contribution in [0.25, 0.3) is 5.69 Å². The minimum Gasteiger partial charge on any atom is -0.484 e. The molecule has 1 aromatic carbocycles. The summed E-state index contributed by atoms with van der Waals surface area (Å²) < 4.78 is 20.3. The third-order valence-corrected chi connectivity index (χ3v) is 3.10. The second-order valence-electron chi connectivity index (χ2n) is 4.31. The summed E-state index contributed by atoms with van der Waals surface area (Å²) in [5.41, 5.74) is 1.36. The van der Waals surface area contributed by atoms with Crippen molar-refractivity contribution in [3.05, 3.63) is 71.5 Å². The van der Waals surface area contributed by atoms with Crippen LogP contribution in [0.15, 0.2) is 54.9 Å². The molecule has 0 unspecified atom stereocenters. The van der Waals surface area contributed by atoms with Crippen LogP contribution in [0.1, 0.15) is 5.69 Å². The molecule has 0 N–H and O–H groups in total. The number of aromatic nitrogens is 3. The molecule has 3 rings (SSSR count). The highest BCUT2D eigenvalue weighted by atomic mass is 35.5. The number of pyridine rings is 1. The molecule has 106 valence electrons. The molecule has 3 aromatic rings. The van der Waals surface area contributed by atoms with Crippen molar-refractivity contribution in [2.24, 2.45) is 0 Å². The van der Waals surface area contributed by atoms with Crippen LogP contribution in [0.2, 0.25) is 5.15 Å². The van der Waals surface area contributed by atoms with E-state index in [1.165, 1.54) is 12.1 Å². The summed E-state index contributed by atoms with van der Waals surface area (Å²) in [5, 5.41) is 4.64. The normalized spacial score (nSPS) is 10.6. The average molecular weight is 304 g/mol. The first-order valence-corrected chi connectivity index (χ1v) is 6.64. The SMILES string of the molecule is Fc1cccc(-n2ccc(COc3cccnc3Cl)n2)c1. The number of ether oxygens (including phenoxy) is 1. The summed E-state index contributed by atoms with van der Waals surface area (Å²) in [6.07, 6.45) is 3.34. The molecule has 0 radical (unpaired) electrons. The number of hydrogen-bond donors (Lipinski definition) is 0. The molecule has 0 aliphatic rings. The molecule has 0 amide bonds. The van der Waals surface area contributed by atoms with Gasteiger partial charge in [0.25, 0.3) is 0 Å². The van der Waals surface area contributed by atoms with Crippen molar-refractivity contribution in [3.63, 3.8) is 0 Å². The Morgan fingerprint density at radius 1 is 1.19 bits per heavy atom. The maximum atomic E-state index is 13.2. The molecule has 0 fully saturated rings. The van der Waals surface area contributed by atoms with Crippen LogP contribution in [0.4, 0.5) is 4.39 Å². The molecule has 0 atom stereocenters. The van der Waals surface area contributed by atoms with Crippen LogP contribution in [-0.2, 0) is 6.61 Å². The van der Waals surface area contributed by atoms with Crippen LogP contribution >= 0.6 is 11.6 Å². The Hall–Kier alpha value is -2.40. The fraction of sp³-hybridized carbons (Fsp3) is 0.0667. The minimum atomic E-state index is -0.303. The van der Waals surface area contributed by atoms with Crippen LogP contribution in [0, 0.1) is 5.82 Å². The van der Waals surface area contributed by atoms with E-state index in [-0.39, 0.29) is 12.4 Å². The average Bonchev–Trinajstić information content (AvgIpc) is 2.95. The van der Waals surface area contributed by atoms with E-state index in [9.17, 15) is 4.39 Å². The fourth-order valence-corrected chi connectivity index (χ4v) is 2.01. The van der Waals surface area contributed by atoms with Crippen molar-refractivity contribution in [2.45, 2.75) is 6.61 Å². The summed E-state index contributed by atoms with van der Waals surface area (Å²) in [6, 6.07) is 11.5. The predicted octanol–water partition coefficient (Wildman–Crippen LogP) is 3.64. The number of rotatable bonds is 4. The molecule has 6 heteroatoms.